The fraction of sp³-hybridized carbons (Fsp3) is 0.200. The Morgan fingerprint density at radius 3 is 2.85 bits per heavy atom. The SMILES string of the molecule is CNSc1c(C)[nH]c2ccccc12. The molecule has 1 aromatic carbocycles. The summed E-state index contributed by atoms with van der Waals surface area (Å²) >= 11 is 1.66. The number of nitrogens with one attached hydrogen (secondary N) is 2. The summed E-state index contributed by atoms with van der Waals surface area (Å²) in [6, 6.07) is 8.35. The normalized spacial score (nSPS) is 10.9. The Bertz CT molecular complexity index is 420. The van der Waals surface area contributed by atoms with Gasteiger partial charge in [-0.2, -0.15) is 0 Å². The van der Waals surface area contributed by atoms with Gasteiger partial charge < -0.3 is 4.98 Å². The number of H-pyrrole nitrogens is 1. The Balaban J connectivity index is 2.64. The lowest BCUT2D eigenvalue weighted by Gasteiger charge is -1.97. The average molecular weight is 192 g/mol. The van der Waals surface area contributed by atoms with E-state index in [9.17, 15) is 0 Å². The van der Waals surface area contributed by atoms with Crippen LogP contribution in [-0.2, 0) is 0 Å². The Morgan fingerprint density at radius 2 is 2.08 bits per heavy atom. The topological polar surface area (TPSA) is 27.8 Å². The van der Waals surface area contributed by atoms with Crippen LogP contribution in [-0.4, -0.2) is 12.0 Å². The molecular formula is C10H12N2S. The second-order valence-electron chi connectivity index (χ2n) is 2.93. The zero-order valence-electron chi connectivity index (χ0n) is 7.72. The van der Waals surface area contributed by atoms with Crippen molar-refractivity contribution in [2.45, 2.75) is 11.8 Å². The van der Waals surface area contributed by atoms with Crippen molar-refractivity contribution in [3.8, 4) is 0 Å². The minimum absolute atomic E-state index is 1.21. The molecule has 0 saturated heterocycles. The third kappa shape index (κ3) is 1.45. The summed E-state index contributed by atoms with van der Waals surface area (Å²) in [5, 5.41) is 1.29. The molecule has 2 rings (SSSR count). The summed E-state index contributed by atoms with van der Waals surface area (Å²) in [6.45, 7) is 2.10. The van der Waals surface area contributed by atoms with Crippen LogP contribution in [0.5, 0.6) is 0 Å². The van der Waals surface area contributed by atoms with Gasteiger partial charge in [0.2, 0.25) is 0 Å². The maximum absolute atomic E-state index is 3.35. The molecule has 2 N–H and O–H groups in total. The molecule has 13 heavy (non-hydrogen) atoms. The van der Waals surface area contributed by atoms with E-state index in [2.05, 4.69) is 34.8 Å². The molecule has 0 aliphatic heterocycles. The third-order valence-corrected chi connectivity index (χ3v) is 2.97. The van der Waals surface area contributed by atoms with Crippen LogP contribution < -0.4 is 4.72 Å². The van der Waals surface area contributed by atoms with Crippen LogP contribution in [0.2, 0.25) is 0 Å². The van der Waals surface area contributed by atoms with Crippen molar-refractivity contribution in [1.82, 2.24) is 9.71 Å². The molecule has 0 spiro atoms. The standard InChI is InChI=1S/C10H12N2S/c1-7-10(13-11-2)8-5-3-4-6-9(8)12-7/h3-6,11-12H,1-2H3. The summed E-state index contributed by atoms with van der Waals surface area (Å²) in [4.78, 5) is 4.64. The predicted octanol–water partition coefficient (Wildman–Crippen LogP) is 2.70. The number of hydrogen-bond donors (Lipinski definition) is 2. The summed E-state index contributed by atoms with van der Waals surface area (Å²) in [6.07, 6.45) is 0. The summed E-state index contributed by atoms with van der Waals surface area (Å²) in [5.74, 6) is 0. The fourth-order valence-corrected chi connectivity index (χ4v) is 2.18. The van der Waals surface area contributed by atoms with Crippen molar-refractivity contribution in [2.24, 2.45) is 0 Å². The van der Waals surface area contributed by atoms with Gasteiger partial charge in [0.25, 0.3) is 0 Å². The molecule has 0 amide bonds. The highest BCUT2D eigenvalue weighted by molar-refractivity contribution is 7.97. The quantitative estimate of drug-likeness (QED) is 0.716. The van der Waals surface area contributed by atoms with E-state index < -0.39 is 0 Å². The first-order chi connectivity index (χ1) is 6.33. The summed E-state index contributed by atoms with van der Waals surface area (Å²) in [5.41, 5.74) is 2.43. The van der Waals surface area contributed by atoms with Crippen LogP contribution in [0.4, 0.5) is 0 Å². The molecule has 1 heterocycles. The van der Waals surface area contributed by atoms with Gasteiger partial charge in [-0.15, -0.1) is 0 Å². The Kier molecular flexibility index (Phi) is 2.29. The first-order valence-electron chi connectivity index (χ1n) is 4.24. The first kappa shape index (κ1) is 8.66. The van der Waals surface area contributed by atoms with Crippen LogP contribution >= 0.6 is 11.9 Å². The highest BCUT2D eigenvalue weighted by Gasteiger charge is 2.06. The Hall–Kier alpha value is -0.930. The molecule has 0 radical (unpaired) electrons. The van der Waals surface area contributed by atoms with Crippen molar-refractivity contribution in [1.29, 1.82) is 0 Å². The molecule has 0 fully saturated rings. The number of fused-ring (bicyclic) bond motifs is 1. The second-order valence-corrected chi connectivity index (χ2v) is 3.95. The molecule has 0 aliphatic rings. The van der Waals surface area contributed by atoms with Crippen molar-refractivity contribution in [3.63, 3.8) is 0 Å². The Morgan fingerprint density at radius 1 is 1.31 bits per heavy atom. The van der Waals surface area contributed by atoms with Gasteiger partial charge >= 0.3 is 0 Å². The smallest absolute Gasteiger partial charge is 0.0511 e. The largest absolute Gasteiger partial charge is 0.358 e. The molecule has 0 bridgehead atoms. The maximum Gasteiger partial charge on any atom is 0.0511 e. The second kappa shape index (κ2) is 3.44. The lowest BCUT2D eigenvalue weighted by Crippen LogP contribution is -1.90. The lowest BCUT2D eigenvalue weighted by atomic mass is 10.2. The molecule has 0 aliphatic carbocycles. The minimum atomic E-state index is 1.21. The number of benzene rings is 1. The van der Waals surface area contributed by atoms with E-state index in [4.69, 9.17) is 0 Å². The third-order valence-electron chi connectivity index (χ3n) is 2.04. The number of para-hydroxylation sites is 1. The molecule has 2 nitrogen and oxygen atoms in total. The van der Waals surface area contributed by atoms with E-state index in [1.807, 2.05) is 13.1 Å². The zero-order chi connectivity index (χ0) is 9.26. The van der Waals surface area contributed by atoms with Crippen LogP contribution in [0.1, 0.15) is 5.69 Å². The van der Waals surface area contributed by atoms with Gasteiger partial charge in [-0.05, 0) is 32.0 Å². The number of aromatic amines is 1. The van der Waals surface area contributed by atoms with E-state index in [-0.39, 0.29) is 0 Å². The summed E-state index contributed by atoms with van der Waals surface area (Å²) in [7, 11) is 1.94. The Labute approximate surface area is 81.9 Å². The molecule has 1 aromatic heterocycles. The predicted molar refractivity (Wildman–Crippen MR) is 58.0 cm³/mol. The summed E-state index contributed by atoms with van der Waals surface area (Å²) < 4.78 is 3.10. The molecular weight excluding hydrogens is 180 g/mol. The highest BCUT2D eigenvalue weighted by Crippen LogP contribution is 2.28. The van der Waals surface area contributed by atoms with Gasteiger partial charge in [0.05, 0.1) is 4.90 Å². The van der Waals surface area contributed by atoms with Gasteiger partial charge in [-0.1, -0.05) is 18.2 Å². The average Bonchev–Trinajstić information content (AvgIpc) is 2.44. The number of aromatic nitrogens is 1. The van der Waals surface area contributed by atoms with E-state index in [0.29, 0.717) is 0 Å². The molecule has 3 heteroatoms. The van der Waals surface area contributed by atoms with Crippen LogP contribution in [0.15, 0.2) is 29.2 Å². The van der Waals surface area contributed by atoms with Gasteiger partial charge in [-0.3, -0.25) is 4.72 Å². The number of hydrogen-bond acceptors (Lipinski definition) is 2. The molecule has 68 valence electrons. The number of aryl methyl sites for hydroxylation is 1. The lowest BCUT2D eigenvalue weighted by molar-refractivity contribution is 1.21. The fourth-order valence-electron chi connectivity index (χ4n) is 1.48. The van der Waals surface area contributed by atoms with Gasteiger partial charge in [-0.25, -0.2) is 0 Å². The molecule has 2 aromatic rings. The van der Waals surface area contributed by atoms with Crippen molar-refractivity contribution < 1.29 is 0 Å². The van der Waals surface area contributed by atoms with E-state index >= 15 is 0 Å². The first-order valence-corrected chi connectivity index (χ1v) is 5.05. The van der Waals surface area contributed by atoms with Gasteiger partial charge in [0.1, 0.15) is 0 Å². The number of rotatable bonds is 2. The van der Waals surface area contributed by atoms with E-state index in [0.717, 1.165) is 0 Å². The van der Waals surface area contributed by atoms with Crippen LogP contribution in [0, 0.1) is 6.92 Å². The molecule has 0 unspecified atom stereocenters. The zero-order valence-corrected chi connectivity index (χ0v) is 8.53. The molecule has 0 saturated carbocycles. The molecule has 0 atom stereocenters. The van der Waals surface area contributed by atoms with Crippen LogP contribution in [0.25, 0.3) is 10.9 Å². The van der Waals surface area contributed by atoms with E-state index in [1.54, 1.807) is 11.9 Å². The van der Waals surface area contributed by atoms with Gasteiger partial charge in [0.15, 0.2) is 0 Å². The van der Waals surface area contributed by atoms with Crippen molar-refractivity contribution in [3.05, 3.63) is 30.0 Å². The van der Waals surface area contributed by atoms with Crippen LogP contribution in [0.3, 0.4) is 0 Å². The maximum atomic E-state index is 3.35. The monoisotopic (exact) mass is 192 g/mol. The van der Waals surface area contributed by atoms with Crippen molar-refractivity contribution >= 4 is 22.9 Å². The highest BCUT2D eigenvalue weighted by atomic mass is 32.2. The minimum Gasteiger partial charge on any atom is -0.358 e. The van der Waals surface area contributed by atoms with E-state index in [1.165, 1.54) is 21.5 Å². The van der Waals surface area contributed by atoms with Crippen molar-refractivity contribution in [2.75, 3.05) is 7.05 Å². The van der Waals surface area contributed by atoms with Gasteiger partial charge in [0, 0.05) is 16.6 Å².